The van der Waals surface area contributed by atoms with Gasteiger partial charge in [0.1, 0.15) is 0 Å². The average Bonchev–Trinajstić information content (AvgIpc) is 2.12. The molecule has 1 aliphatic carbocycles. The van der Waals surface area contributed by atoms with Crippen LogP contribution in [0.2, 0.25) is 10.0 Å². The summed E-state index contributed by atoms with van der Waals surface area (Å²) < 4.78 is 0. The van der Waals surface area contributed by atoms with Crippen LogP contribution in [0.1, 0.15) is 31.2 Å². The van der Waals surface area contributed by atoms with E-state index in [1.807, 2.05) is 12.1 Å². The molecule has 1 saturated carbocycles. The highest BCUT2D eigenvalue weighted by atomic mass is 35.5. The van der Waals surface area contributed by atoms with E-state index in [0.29, 0.717) is 17.0 Å². The predicted octanol–water partition coefficient (Wildman–Crippen LogP) is 3.85. The monoisotopic (exact) mass is 243 g/mol. The van der Waals surface area contributed by atoms with Gasteiger partial charge in [-0.25, -0.2) is 0 Å². The molecule has 0 aromatic heterocycles. The summed E-state index contributed by atoms with van der Waals surface area (Å²) in [6.07, 6.45) is 2.38. The number of hydrogen-bond acceptors (Lipinski definition) is 1. The summed E-state index contributed by atoms with van der Waals surface area (Å²) in [7, 11) is 0. The second-order valence-corrected chi connectivity index (χ2v) is 4.93. The van der Waals surface area contributed by atoms with Crippen LogP contribution in [-0.2, 0) is 0 Å². The topological polar surface area (TPSA) is 12.0 Å². The molecule has 0 radical (unpaired) electrons. The van der Waals surface area contributed by atoms with E-state index in [0.717, 1.165) is 11.6 Å². The third kappa shape index (κ3) is 2.47. The Bertz CT molecular complexity index is 345. The maximum absolute atomic E-state index is 6.16. The van der Waals surface area contributed by atoms with Crippen LogP contribution in [0.5, 0.6) is 0 Å². The Balaban J connectivity index is 2.01. The Morgan fingerprint density at radius 3 is 2.67 bits per heavy atom. The van der Waals surface area contributed by atoms with Crippen molar-refractivity contribution in [3.8, 4) is 0 Å². The minimum Gasteiger partial charge on any atom is -0.314 e. The van der Waals surface area contributed by atoms with Gasteiger partial charge >= 0.3 is 0 Å². The summed E-state index contributed by atoms with van der Waals surface area (Å²) >= 11 is 12.0. The zero-order chi connectivity index (χ0) is 10.8. The molecular formula is C12H15Cl2N. The van der Waals surface area contributed by atoms with Crippen LogP contribution < -0.4 is 5.32 Å². The van der Waals surface area contributed by atoms with Gasteiger partial charge in [-0.1, -0.05) is 36.2 Å². The lowest BCUT2D eigenvalue weighted by Gasteiger charge is -2.36. The summed E-state index contributed by atoms with van der Waals surface area (Å²) in [4.78, 5) is 0. The van der Waals surface area contributed by atoms with E-state index in [4.69, 9.17) is 23.2 Å². The first-order valence-corrected chi connectivity index (χ1v) is 6.14. The highest BCUT2D eigenvalue weighted by Gasteiger charge is 2.30. The molecule has 15 heavy (non-hydrogen) atoms. The molecule has 1 aromatic rings. The highest BCUT2D eigenvalue weighted by Crippen LogP contribution is 2.40. The van der Waals surface area contributed by atoms with Crippen molar-refractivity contribution in [2.75, 3.05) is 6.54 Å². The quantitative estimate of drug-likeness (QED) is 0.851. The first-order valence-electron chi connectivity index (χ1n) is 5.39. The van der Waals surface area contributed by atoms with E-state index in [2.05, 4.69) is 18.3 Å². The molecule has 82 valence electrons. The normalized spacial score (nSPS) is 25.0. The molecule has 1 aromatic carbocycles. The second kappa shape index (κ2) is 4.73. The van der Waals surface area contributed by atoms with Gasteiger partial charge < -0.3 is 5.32 Å². The van der Waals surface area contributed by atoms with Crippen molar-refractivity contribution >= 4 is 23.2 Å². The fourth-order valence-electron chi connectivity index (χ4n) is 2.16. The summed E-state index contributed by atoms with van der Waals surface area (Å²) in [5, 5.41) is 4.97. The van der Waals surface area contributed by atoms with Crippen molar-refractivity contribution in [1.82, 2.24) is 5.32 Å². The van der Waals surface area contributed by atoms with Gasteiger partial charge in [-0.3, -0.25) is 0 Å². The lowest BCUT2D eigenvalue weighted by molar-refractivity contribution is 0.296. The van der Waals surface area contributed by atoms with Gasteiger partial charge in [-0.05, 0) is 43.0 Å². The second-order valence-electron chi connectivity index (χ2n) is 4.09. The minimum atomic E-state index is 0.610. The molecule has 1 N–H and O–H groups in total. The molecule has 3 heteroatoms. The van der Waals surface area contributed by atoms with Gasteiger partial charge in [0.05, 0.1) is 0 Å². The smallest absolute Gasteiger partial charge is 0.0455 e. The molecule has 0 bridgehead atoms. The lowest BCUT2D eigenvalue weighted by atomic mass is 9.76. The van der Waals surface area contributed by atoms with Crippen LogP contribution >= 0.6 is 23.2 Å². The van der Waals surface area contributed by atoms with Crippen LogP contribution in [0.3, 0.4) is 0 Å². The van der Waals surface area contributed by atoms with Crippen molar-refractivity contribution in [2.45, 2.75) is 31.7 Å². The molecule has 0 heterocycles. The van der Waals surface area contributed by atoms with Crippen LogP contribution in [-0.4, -0.2) is 12.6 Å². The number of rotatable bonds is 3. The van der Waals surface area contributed by atoms with Gasteiger partial charge in [0.25, 0.3) is 0 Å². The molecule has 2 rings (SSSR count). The van der Waals surface area contributed by atoms with E-state index in [9.17, 15) is 0 Å². The third-order valence-corrected chi connectivity index (χ3v) is 3.60. The van der Waals surface area contributed by atoms with E-state index < -0.39 is 0 Å². The van der Waals surface area contributed by atoms with Gasteiger partial charge in [0.2, 0.25) is 0 Å². The number of hydrogen-bond donors (Lipinski definition) is 1. The summed E-state index contributed by atoms with van der Waals surface area (Å²) in [5.41, 5.74) is 1.25. The standard InChI is InChI=1S/C12H15Cl2N/c1-2-15-10-5-8(6-10)11-4-3-9(13)7-12(11)14/h3-4,7-8,10,15H,2,5-6H2,1H3. The van der Waals surface area contributed by atoms with Crippen LogP contribution in [0.4, 0.5) is 0 Å². The molecular weight excluding hydrogens is 229 g/mol. The maximum atomic E-state index is 6.16. The molecule has 0 amide bonds. The van der Waals surface area contributed by atoms with Gasteiger partial charge in [0, 0.05) is 16.1 Å². The third-order valence-electron chi connectivity index (χ3n) is 3.03. The molecule has 0 atom stereocenters. The molecule has 1 fully saturated rings. The maximum Gasteiger partial charge on any atom is 0.0455 e. The molecule has 0 unspecified atom stereocenters. The zero-order valence-corrected chi connectivity index (χ0v) is 10.3. The molecule has 1 aliphatic rings. The van der Waals surface area contributed by atoms with Gasteiger partial charge in [0.15, 0.2) is 0 Å². The minimum absolute atomic E-state index is 0.610. The summed E-state index contributed by atoms with van der Waals surface area (Å²) in [6, 6.07) is 6.48. The fraction of sp³-hybridized carbons (Fsp3) is 0.500. The van der Waals surface area contributed by atoms with Crippen LogP contribution in [0.15, 0.2) is 18.2 Å². The predicted molar refractivity (Wildman–Crippen MR) is 65.9 cm³/mol. The van der Waals surface area contributed by atoms with Crippen molar-refractivity contribution < 1.29 is 0 Å². The largest absolute Gasteiger partial charge is 0.314 e. The van der Waals surface area contributed by atoms with E-state index in [1.165, 1.54) is 18.4 Å². The van der Waals surface area contributed by atoms with Gasteiger partial charge in [-0.2, -0.15) is 0 Å². The Hall–Kier alpha value is -0.240. The van der Waals surface area contributed by atoms with Gasteiger partial charge in [-0.15, -0.1) is 0 Å². The molecule has 0 saturated heterocycles. The van der Waals surface area contributed by atoms with Crippen molar-refractivity contribution in [2.24, 2.45) is 0 Å². The Morgan fingerprint density at radius 1 is 1.33 bits per heavy atom. The van der Waals surface area contributed by atoms with Crippen molar-refractivity contribution in [1.29, 1.82) is 0 Å². The molecule has 0 spiro atoms. The number of nitrogens with one attached hydrogen (secondary N) is 1. The molecule has 1 nitrogen and oxygen atoms in total. The first-order chi connectivity index (χ1) is 7.20. The first kappa shape index (κ1) is 11.3. The average molecular weight is 244 g/mol. The van der Waals surface area contributed by atoms with E-state index in [-0.39, 0.29) is 0 Å². The summed E-state index contributed by atoms with van der Waals surface area (Å²) in [6.45, 7) is 3.19. The van der Waals surface area contributed by atoms with Crippen molar-refractivity contribution in [3.05, 3.63) is 33.8 Å². The van der Waals surface area contributed by atoms with E-state index >= 15 is 0 Å². The Morgan fingerprint density at radius 2 is 2.07 bits per heavy atom. The number of benzene rings is 1. The Labute approximate surface area is 101 Å². The highest BCUT2D eigenvalue weighted by molar-refractivity contribution is 6.35. The number of halogens is 2. The van der Waals surface area contributed by atoms with Crippen LogP contribution in [0, 0.1) is 0 Å². The SMILES string of the molecule is CCNC1CC(c2ccc(Cl)cc2Cl)C1. The summed E-state index contributed by atoms with van der Waals surface area (Å²) in [5.74, 6) is 0.610. The lowest BCUT2D eigenvalue weighted by Crippen LogP contribution is -2.39. The van der Waals surface area contributed by atoms with Crippen LogP contribution in [0.25, 0.3) is 0 Å². The Kier molecular flexibility index (Phi) is 3.55. The zero-order valence-electron chi connectivity index (χ0n) is 8.76. The fourth-order valence-corrected chi connectivity index (χ4v) is 2.72. The van der Waals surface area contributed by atoms with Crippen molar-refractivity contribution in [3.63, 3.8) is 0 Å². The molecule has 0 aliphatic heterocycles. The van der Waals surface area contributed by atoms with E-state index in [1.54, 1.807) is 0 Å².